The Hall–Kier alpha value is -1.16. The van der Waals surface area contributed by atoms with Gasteiger partial charge in [-0.15, -0.1) is 11.8 Å². The van der Waals surface area contributed by atoms with E-state index in [0.29, 0.717) is 15.8 Å². The third kappa shape index (κ3) is 2.91. The molecule has 0 N–H and O–H groups in total. The van der Waals surface area contributed by atoms with Gasteiger partial charge in [-0.05, 0) is 36.8 Å². The maximum atomic E-state index is 12.2. The normalized spacial score (nSPS) is 18.3. The molecular weight excluding hydrogens is 325 g/mol. The van der Waals surface area contributed by atoms with E-state index in [9.17, 15) is 4.79 Å². The van der Waals surface area contributed by atoms with E-state index in [0.717, 1.165) is 11.3 Å². The molecule has 1 aliphatic rings. The van der Waals surface area contributed by atoms with Gasteiger partial charge in [0.15, 0.2) is 0 Å². The molecule has 1 amide bonds. The Morgan fingerprint density at radius 1 is 1.10 bits per heavy atom. The van der Waals surface area contributed by atoms with Crippen LogP contribution in [0.2, 0.25) is 10.0 Å². The Morgan fingerprint density at radius 2 is 1.81 bits per heavy atom. The first kappa shape index (κ1) is 14.8. The summed E-state index contributed by atoms with van der Waals surface area (Å²) in [6, 6.07) is 13.5. The van der Waals surface area contributed by atoms with Gasteiger partial charge in [-0.3, -0.25) is 9.69 Å². The van der Waals surface area contributed by atoms with E-state index < -0.39 is 0 Å². The molecule has 1 atom stereocenters. The smallest absolute Gasteiger partial charge is 0.238 e. The van der Waals surface area contributed by atoms with E-state index >= 15 is 0 Å². The van der Waals surface area contributed by atoms with E-state index in [-0.39, 0.29) is 11.3 Å². The van der Waals surface area contributed by atoms with E-state index in [4.69, 9.17) is 23.2 Å². The van der Waals surface area contributed by atoms with Gasteiger partial charge in [-0.1, -0.05) is 47.0 Å². The second-order valence-corrected chi connectivity index (χ2v) is 6.82. The minimum atomic E-state index is -0.0602. The maximum absolute atomic E-state index is 12.2. The van der Waals surface area contributed by atoms with Gasteiger partial charge in [0.1, 0.15) is 5.37 Å². The lowest BCUT2D eigenvalue weighted by atomic mass is 10.1. The van der Waals surface area contributed by atoms with Crippen LogP contribution in [-0.4, -0.2) is 11.7 Å². The van der Waals surface area contributed by atoms with Crippen LogP contribution in [0.4, 0.5) is 5.69 Å². The first-order valence-corrected chi connectivity index (χ1v) is 8.32. The second kappa shape index (κ2) is 5.91. The highest BCUT2D eigenvalue weighted by Crippen LogP contribution is 2.42. The molecule has 1 aliphatic heterocycles. The number of rotatable bonds is 2. The van der Waals surface area contributed by atoms with Crippen molar-refractivity contribution in [2.45, 2.75) is 12.3 Å². The number of halogens is 2. The summed E-state index contributed by atoms with van der Waals surface area (Å²) in [5.41, 5.74) is 3.07. The molecule has 1 fully saturated rings. The molecule has 2 aromatic rings. The molecule has 2 nitrogen and oxygen atoms in total. The van der Waals surface area contributed by atoms with E-state index in [2.05, 4.69) is 0 Å². The highest BCUT2D eigenvalue weighted by atomic mass is 35.5. The zero-order valence-electron chi connectivity index (χ0n) is 11.3. The van der Waals surface area contributed by atoms with Crippen LogP contribution in [0, 0.1) is 6.92 Å². The van der Waals surface area contributed by atoms with Gasteiger partial charge < -0.3 is 0 Å². The summed E-state index contributed by atoms with van der Waals surface area (Å²) in [6.07, 6.45) is 0. The fourth-order valence-electron chi connectivity index (χ4n) is 2.32. The van der Waals surface area contributed by atoms with Crippen molar-refractivity contribution < 1.29 is 4.79 Å². The molecule has 0 unspecified atom stereocenters. The van der Waals surface area contributed by atoms with E-state index in [1.165, 1.54) is 5.56 Å². The van der Waals surface area contributed by atoms with Crippen LogP contribution in [0.15, 0.2) is 42.5 Å². The van der Waals surface area contributed by atoms with Gasteiger partial charge in [0.25, 0.3) is 0 Å². The molecule has 0 spiro atoms. The van der Waals surface area contributed by atoms with Crippen LogP contribution < -0.4 is 4.90 Å². The average Bonchev–Trinajstić information content (AvgIpc) is 2.85. The Morgan fingerprint density at radius 3 is 2.48 bits per heavy atom. The van der Waals surface area contributed by atoms with Gasteiger partial charge in [0, 0.05) is 5.69 Å². The molecule has 0 radical (unpaired) electrons. The molecule has 21 heavy (non-hydrogen) atoms. The highest BCUT2D eigenvalue weighted by molar-refractivity contribution is 8.00. The van der Waals surface area contributed by atoms with Gasteiger partial charge in [-0.2, -0.15) is 0 Å². The van der Waals surface area contributed by atoms with Crippen molar-refractivity contribution in [3.8, 4) is 0 Å². The maximum Gasteiger partial charge on any atom is 0.238 e. The molecule has 0 aromatic heterocycles. The number of carbonyl (C=O) groups excluding carboxylic acids is 1. The van der Waals surface area contributed by atoms with E-state index in [1.54, 1.807) is 17.8 Å². The molecule has 0 aliphatic carbocycles. The average molecular weight is 338 g/mol. The zero-order chi connectivity index (χ0) is 15.0. The number of thioether (sulfide) groups is 1. The molecule has 5 heteroatoms. The van der Waals surface area contributed by atoms with E-state index in [1.807, 2.05) is 48.2 Å². The van der Waals surface area contributed by atoms with Crippen LogP contribution in [0.1, 0.15) is 16.5 Å². The van der Waals surface area contributed by atoms with Gasteiger partial charge in [-0.25, -0.2) is 0 Å². The van der Waals surface area contributed by atoms with Gasteiger partial charge >= 0.3 is 0 Å². The third-order valence-corrected chi connectivity index (χ3v) is 5.36. The molecule has 3 rings (SSSR count). The predicted octanol–water partition coefficient (Wildman–Crippen LogP) is 5.08. The summed E-state index contributed by atoms with van der Waals surface area (Å²) in [5.74, 6) is 0.582. The number of hydrogen-bond donors (Lipinski definition) is 0. The number of hydrogen-bond acceptors (Lipinski definition) is 2. The van der Waals surface area contributed by atoms with Crippen molar-refractivity contribution >= 4 is 46.6 Å². The van der Waals surface area contributed by atoms with Crippen molar-refractivity contribution in [3.63, 3.8) is 0 Å². The fourth-order valence-corrected chi connectivity index (χ4v) is 3.79. The molecule has 0 saturated carbocycles. The molecule has 1 saturated heterocycles. The van der Waals surface area contributed by atoms with Crippen LogP contribution >= 0.6 is 35.0 Å². The molecule has 108 valence electrons. The fraction of sp³-hybridized carbons (Fsp3) is 0.188. The SMILES string of the molecule is Cc1ccc(N2C(=O)CS[C@@H]2c2ccc(Cl)c(Cl)c2)cc1. The lowest BCUT2D eigenvalue weighted by Gasteiger charge is -2.24. The Bertz CT molecular complexity index is 687. The Kier molecular flexibility index (Phi) is 4.16. The number of nitrogens with zero attached hydrogens (tertiary/aromatic N) is 1. The van der Waals surface area contributed by atoms with Gasteiger partial charge in [0.05, 0.1) is 15.8 Å². The highest BCUT2D eigenvalue weighted by Gasteiger charge is 2.34. The molecule has 2 aromatic carbocycles. The first-order valence-electron chi connectivity index (χ1n) is 6.51. The Labute approximate surface area is 138 Å². The summed E-state index contributed by atoms with van der Waals surface area (Å²) < 4.78 is 0. The standard InChI is InChI=1S/C16H13Cl2NOS/c1-10-2-5-12(6-3-10)19-15(20)9-21-16(19)11-4-7-13(17)14(18)8-11/h2-8,16H,9H2,1H3/t16-/m1/s1. The van der Waals surface area contributed by atoms with Crippen LogP contribution in [0.25, 0.3) is 0 Å². The van der Waals surface area contributed by atoms with Gasteiger partial charge in [0.2, 0.25) is 5.91 Å². The Balaban J connectivity index is 1.99. The third-order valence-electron chi connectivity index (χ3n) is 3.41. The van der Waals surface area contributed by atoms with Crippen molar-refractivity contribution in [2.24, 2.45) is 0 Å². The lowest BCUT2D eigenvalue weighted by molar-refractivity contribution is -0.115. The number of aryl methyl sites for hydroxylation is 1. The minimum absolute atomic E-state index is 0.0602. The molecule has 0 bridgehead atoms. The summed E-state index contributed by atoms with van der Waals surface area (Å²) in [6.45, 7) is 2.03. The first-order chi connectivity index (χ1) is 10.1. The molecular formula is C16H13Cl2NOS. The monoisotopic (exact) mass is 337 g/mol. The van der Waals surface area contributed by atoms with Crippen LogP contribution in [0.5, 0.6) is 0 Å². The minimum Gasteiger partial charge on any atom is -0.295 e. The summed E-state index contributed by atoms with van der Waals surface area (Å²) in [5, 5.41) is 0.976. The summed E-state index contributed by atoms with van der Waals surface area (Å²) in [4.78, 5) is 14.1. The number of amides is 1. The van der Waals surface area contributed by atoms with Crippen molar-refractivity contribution in [1.82, 2.24) is 0 Å². The molecule has 1 heterocycles. The topological polar surface area (TPSA) is 20.3 Å². The number of benzene rings is 2. The summed E-state index contributed by atoms with van der Waals surface area (Å²) in [7, 11) is 0. The van der Waals surface area contributed by atoms with Crippen LogP contribution in [0.3, 0.4) is 0 Å². The van der Waals surface area contributed by atoms with Crippen molar-refractivity contribution in [1.29, 1.82) is 0 Å². The quantitative estimate of drug-likeness (QED) is 0.761. The van der Waals surface area contributed by atoms with Crippen LogP contribution in [-0.2, 0) is 4.79 Å². The lowest BCUT2D eigenvalue weighted by Crippen LogP contribution is -2.27. The zero-order valence-corrected chi connectivity index (χ0v) is 13.7. The second-order valence-electron chi connectivity index (χ2n) is 4.94. The predicted molar refractivity (Wildman–Crippen MR) is 90.3 cm³/mol. The number of carbonyl (C=O) groups is 1. The summed E-state index contributed by atoms with van der Waals surface area (Å²) >= 11 is 13.7. The van der Waals surface area contributed by atoms with Crippen molar-refractivity contribution in [2.75, 3.05) is 10.7 Å². The number of anilines is 1. The van der Waals surface area contributed by atoms with Crippen molar-refractivity contribution in [3.05, 3.63) is 63.6 Å². The largest absolute Gasteiger partial charge is 0.295 e.